The second-order valence-electron chi connectivity index (χ2n) is 1.92. The van der Waals surface area contributed by atoms with Crippen molar-refractivity contribution in [3.05, 3.63) is 28.0 Å². The van der Waals surface area contributed by atoms with Gasteiger partial charge in [0.15, 0.2) is 0 Å². The highest BCUT2D eigenvalue weighted by Gasteiger charge is 1.98. The van der Waals surface area contributed by atoms with Crippen molar-refractivity contribution in [2.24, 2.45) is 0 Å². The first kappa shape index (κ1) is 9.85. The van der Waals surface area contributed by atoms with Crippen molar-refractivity contribution >= 4 is 39.1 Å². The van der Waals surface area contributed by atoms with Crippen LogP contribution >= 0.6 is 39.1 Å². The first-order valence-corrected chi connectivity index (χ1v) is 4.97. The third kappa shape index (κ3) is 2.67. The average molecular weight is 265 g/mol. The number of halogens is 3. The summed E-state index contributed by atoms with van der Waals surface area (Å²) >= 11 is 14.6. The van der Waals surface area contributed by atoms with Crippen molar-refractivity contribution < 1.29 is 0 Å². The molecule has 1 aromatic rings. The molecule has 0 bridgehead atoms. The quantitative estimate of drug-likeness (QED) is 0.518. The molecule has 0 amide bonds. The summed E-state index contributed by atoms with van der Waals surface area (Å²) in [5.74, 6) is 5.59. The van der Waals surface area contributed by atoms with Crippen LogP contribution in [-0.2, 0) is 0 Å². The standard InChI is InChI=1S/C8H4BrCl2N/c9-3-1-2-8-7(11)4-6(10)5-12-8/h4-5H,3H2. The molecule has 0 unspecified atom stereocenters. The van der Waals surface area contributed by atoms with Crippen LogP contribution in [0.5, 0.6) is 0 Å². The van der Waals surface area contributed by atoms with Crippen LogP contribution in [0, 0.1) is 11.8 Å². The highest BCUT2D eigenvalue weighted by atomic mass is 79.9. The van der Waals surface area contributed by atoms with E-state index in [1.807, 2.05) is 0 Å². The molecular formula is C8H4BrCl2N. The van der Waals surface area contributed by atoms with Gasteiger partial charge in [-0.05, 0) is 12.0 Å². The molecule has 62 valence electrons. The summed E-state index contributed by atoms with van der Waals surface area (Å²) in [5.41, 5.74) is 0.556. The molecule has 12 heavy (non-hydrogen) atoms. The molecule has 0 atom stereocenters. The molecule has 0 aliphatic heterocycles. The Morgan fingerprint density at radius 1 is 1.50 bits per heavy atom. The fraction of sp³-hybridized carbons (Fsp3) is 0.125. The van der Waals surface area contributed by atoms with Crippen LogP contribution in [-0.4, -0.2) is 10.3 Å². The summed E-state index contributed by atoms with van der Waals surface area (Å²) in [7, 11) is 0. The molecule has 0 spiro atoms. The van der Waals surface area contributed by atoms with Gasteiger partial charge in [-0.2, -0.15) is 0 Å². The molecular weight excluding hydrogens is 261 g/mol. The number of hydrogen-bond donors (Lipinski definition) is 0. The topological polar surface area (TPSA) is 12.9 Å². The third-order valence-electron chi connectivity index (χ3n) is 1.08. The van der Waals surface area contributed by atoms with Crippen LogP contribution < -0.4 is 0 Å². The van der Waals surface area contributed by atoms with Crippen LogP contribution in [0.1, 0.15) is 5.69 Å². The third-order valence-corrected chi connectivity index (χ3v) is 1.86. The fourth-order valence-electron chi connectivity index (χ4n) is 0.624. The van der Waals surface area contributed by atoms with E-state index in [4.69, 9.17) is 23.2 Å². The molecule has 0 aromatic carbocycles. The van der Waals surface area contributed by atoms with Gasteiger partial charge < -0.3 is 0 Å². The van der Waals surface area contributed by atoms with Crippen molar-refractivity contribution in [1.29, 1.82) is 0 Å². The molecule has 0 radical (unpaired) electrons. The van der Waals surface area contributed by atoms with E-state index in [1.54, 1.807) is 6.07 Å². The number of nitrogens with zero attached hydrogens (tertiary/aromatic N) is 1. The molecule has 0 fully saturated rings. The molecule has 4 heteroatoms. The van der Waals surface area contributed by atoms with E-state index in [1.165, 1.54) is 6.20 Å². The van der Waals surface area contributed by atoms with Crippen molar-refractivity contribution in [3.63, 3.8) is 0 Å². The normalized spacial score (nSPS) is 8.92. The Bertz CT molecular complexity index is 341. The molecule has 1 heterocycles. The van der Waals surface area contributed by atoms with E-state index in [0.717, 1.165) is 0 Å². The summed E-state index contributed by atoms with van der Waals surface area (Å²) in [6, 6.07) is 1.62. The molecule has 1 rings (SSSR count). The van der Waals surface area contributed by atoms with Gasteiger partial charge in [-0.1, -0.05) is 45.1 Å². The number of alkyl halides is 1. The Morgan fingerprint density at radius 3 is 2.83 bits per heavy atom. The molecule has 1 nitrogen and oxygen atoms in total. The summed E-state index contributed by atoms with van der Waals surface area (Å²) in [6.45, 7) is 0. The lowest BCUT2D eigenvalue weighted by atomic mass is 10.3. The Morgan fingerprint density at radius 2 is 2.25 bits per heavy atom. The predicted octanol–water partition coefficient (Wildman–Crippen LogP) is 3.13. The number of rotatable bonds is 0. The fourth-order valence-corrected chi connectivity index (χ4v) is 1.19. The van der Waals surface area contributed by atoms with Gasteiger partial charge in [-0.3, -0.25) is 0 Å². The zero-order valence-electron chi connectivity index (χ0n) is 5.94. The van der Waals surface area contributed by atoms with E-state index >= 15 is 0 Å². The number of hydrogen-bond acceptors (Lipinski definition) is 1. The summed E-state index contributed by atoms with van der Waals surface area (Å²) in [5, 5.41) is 1.61. The van der Waals surface area contributed by atoms with Crippen LogP contribution in [0.15, 0.2) is 12.3 Å². The van der Waals surface area contributed by atoms with Crippen molar-refractivity contribution in [2.45, 2.75) is 0 Å². The Labute approximate surface area is 89.2 Å². The smallest absolute Gasteiger partial charge is 0.131 e. The zero-order chi connectivity index (χ0) is 8.97. The van der Waals surface area contributed by atoms with E-state index in [0.29, 0.717) is 21.1 Å². The molecule has 0 N–H and O–H groups in total. The minimum Gasteiger partial charge on any atom is -0.245 e. The van der Waals surface area contributed by atoms with Crippen molar-refractivity contribution in [3.8, 4) is 11.8 Å². The maximum Gasteiger partial charge on any atom is 0.131 e. The maximum atomic E-state index is 5.80. The lowest BCUT2D eigenvalue weighted by Crippen LogP contribution is -1.83. The summed E-state index contributed by atoms with van der Waals surface area (Å²) in [6.07, 6.45) is 1.52. The van der Waals surface area contributed by atoms with Gasteiger partial charge in [-0.15, -0.1) is 0 Å². The minimum atomic E-state index is 0.482. The highest BCUT2D eigenvalue weighted by Crippen LogP contribution is 2.17. The van der Waals surface area contributed by atoms with Gasteiger partial charge in [0.25, 0.3) is 0 Å². The van der Waals surface area contributed by atoms with Crippen LogP contribution in [0.25, 0.3) is 0 Å². The van der Waals surface area contributed by atoms with E-state index in [-0.39, 0.29) is 0 Å². The summed E-state index contributed by atoms with van der Waals surface area (Å²) in [4.78, 5) is 3.96. The van der Waals surface area contributed by atoms with Gasteiger partial charge >= 0.3 is 0 Å². The second kappa shape index (κ2) is 4.71. The SMILES string of the molecule is Clc1cnc(C#CCBr)c(Cl)c1. The predicted molar refractivity (Wildman–Crippen MR) is 54.9 cm³/mol. The highest BCUT2D eigenvalue weighted by molar-refractivity contribution is 9.09. The average Bonchev–Trinajstić information content (AvgIpc) is 2.03. The molecule has 0 aliphatic carbocycles. The largest absolute Gasteiger partial charge is 0.245 e. The molecule has 0 aliphatic rings. The minimum absolute atomic E-state index is 0.482. The van der Waals surface area contributed by atoms with Crippen molar-refractivity contribution in [2.75, 3.05) is 5.33 Å². The molecule has 1 aromatic heterocycles. The molecule has 0 saturated heterocycles. The van der Waals surface area contributed by atoms with Crippen LogP contribution in [0.2, 0.25) is 10.0 Å². The number of pyridine rings is 1. The lowest BCUT2D eigenvalue weighted by molar-refractivity contribution is 1.29. The number of aromatic nitrogens is 1. The summed E-state index contributed by atoms with van der Waals surface area (Å²) < 4.78 is 0. The Kier molecular flexibility index (Phi) is 3.87. The van der Waals surface area contributed by atoms with E-state index in [9.17, 15) is 0 Å². The zero-order valence-corrected chi connectivity index (χ0v) is 9.04. The van der Waals surface area contributed by atoms with Crippen molar-refractivity contribution in [1.82, 2.24) is 4.98 Å². The van der Waals surface area contributed by atoms with E-state index in [2.05, 4.69) is 32.8 Å². The second-order valence-corrected chi connectivity index (χ2v) is 3.32. The maximum absolute atomic E-state index is 5.80. The Hall–Kier alpha value is -0.230. The monoisotopic (exact) mass is 263 g/mol. The van der Waals surface area contributed by atoms with Crippen LogP contribution in [0.3, 0.4) is 0 Å². The van der Waals surface area contributed by atoms with Gasteiger partial charge in [0.05, 0.1) is 15.4 Å². The molecule has 0 saturated carbocycles. The van der Waals surface area contributed by atoms with Gasteiger partial charge in [0, 0.05) is 6.20 Å². The van der Waals surface area contributed by atoms with Gasteiger partial charge in [0.2, 0.25) is 0 Å². The van der Waals surface area contributed by atoms with Crippen LogP contribution in [0.4, 0.5) is 0 Å². The van der Waals surface area contributed by atoms with Gasteiger partial charge in [-0.25, -0.2) is 4.98 Å². The lowest BCUT2D eigenvalue weighted by Gasteiger charge is -1.93. The Balaban J connectivity index is 3.01. The first-order chi connectivity index (χ1) is 5.74. The van der Waals surface area contributed by atoms with Gasteiger partial charge in [0.1, 0.15) is 5.69 Å². The first-order valence-electron chi connectivity index (χ1n) is 3.10. The van der Waals surface area contributed by atoms with E-state index < -0.39 is 0 Å².